The predicted octanol–water partition coefficient (Wildman–Crippen LogP) is 6.72. The van der Waals surface area contributed by atoms with Crippen LogP contribution >= 0.6 is 0 Å². The second-order valence-electron chi connectivity index (χ2n) is 9.11. The van der Waals surface area contributed by atoms with Crippen LogP contribution in [-0.2, 0) is 25.7 Å². The minimum Gasteiger partial charge on any atom is -0.507 e. The monoisotopic (exact) mass is 433 g/mol. The number of phenolic OH excluding ortho intramolecular Hbond substituents is 1. The summed E-state index contributed by atoms with van der Waals surface area (Å²) in [5.41, 5.74) is 8.33. The fourth-order valence-corrected chi connectivity index (χ4v) is 4.95. The zero-order valence-corrected chi connectivity index (χ0v) is 19.2. The van der Waals surface area contributed by atoms with Gasteiger partial charge in [0.25, 0.3) is 0 Å². The summed E-state index contributed by atoms with van der Waals surface area (Å²) >= 11 is 0. The Morgan fingerprint density at radius 3 is 1.73 bits per heavy atom. The molecule has 0 aliphatic heterocycles. The second kappa shape index (κ2) is 9.64. The van der Waals surface area contributed by atoms with Crippen molar-refractivity contribution >= 4 is 0 Å². The van der Waals surface area contributed by atoms with Gasteiger partial charge >= 0.3 is 0 Å². The van der Waals surface area contributed by atoms with Gasteiger partial charge in [-0.05, 0) is 66.0 Å². The number of nitrogens with one attached hydrogen (secondary N) is 1. The minimum atomic E-state index is -0.0970. The van der Waals surface area contributed by atoms with Crippen LogP contribution < -0.4 is 5.32 Å². The molecule has 0 unspecified atom stereocenters. The highest BCUT2D eigenvalue weighted by molar-refractivity contribution is 5.51. The maximum atomic E-state index is 11.6. The molecule has 0 spiro atoms. The maximum absolute atomic E-state index is 11.6. The van der Waals surface area contributed by atoms with Gasteiger partial charge in [0, 0.05) is 11.6 Å². The SMILES string of the molecule is C[C@@H](N[C@@H](c1ccccc1)c1c2ccc(c1O)CCc1ccc(cc1)CC2)c1ccccc1. The molecule has 4 bridgehead atoms. The molecule has 4 aromatic rings. The fraction of sp³-hybridized carbons (Fsp3) is 0.226. The van der Waals surface area contributed by atoms with E-state index in [0.717, 1.165) is 36.8 Å². The summed E-state index contributed by atoms with van der Waals surface area (Å²) in [6.07, 6.45) is 3.61. The van der Waals surface area contributed by atoms with Gasteiger partial charge in [-0.15, -0.1) is 0 Å². The highest BCUT2D eigenvalue weighted by Crippen LogP contribution is 2.38. The summed E-state index contributed by atoms with van der Waals surface area (Å²) in [7, 11) is 0. The average Bonchev–Trinajstić information content (AvgIpc) is 2.86. The van der Waals surface area contributed by atoms with Crippen molar-refractivity contribution < 1.29 is 5.11 Å². The largest absolute Gasteiger partial charge is 0.507 e. The molecule has 4 aliphatic carbocycles. The Balaban J connectivity index is 1.59. The summed E-state index contributed by atoms with van der Waals surface area (Å²) in [5.74, 6) is 0.448. The number of aromatic hydroxyl groups is 1. The third-order valence-corrected chi connectivity index (χ3v) is 6.92. The molecule has 0 heterocycles. The van der Waals surface area contributed by atoms with Crippen molar-refractivity contribution in [2.24, 2.45) is 0 Å². The Labute approximate surface area is 196 Å². The number of rotatable bonds is 5. The van der Waals surface area contributed by atoms with E-state index in [1.807, 2.05) is 6.07 Å². The van der Waals surface area contributed by atoms with Gasteiger partial charge in [0.15, 0.2) is 0 Å². The third kappa shape index (κ3) is 4.72. The van der Waals surface area contributed by atoms with Crippen molar-refractivity contribution in [1.29, 1.82) is 0 Å². The van der Waals surface area contributed by atoms with E-state index < -0.39 is 0 Å². The predicted molar refractivity (Wildman–Crippen MR) is 136 cm³/mol. The molecule has 0 radical (unpaired) electrons. The Morgan fingerprint density at radius 2 is 1.12 bits per heavy atom. The van der Waals surface area contributed by atoms with E-state index in [0.29, 0.717) is 5.75 Å². The number of aryl methyl sites for hydroxylation is 4. The lowest BCUT2D eigenvalue weighted by Crippen LogP contribution is -2.27. The van der Waals surface area contributed by atoms with Crippen molar-refractivity contribution in [2.45, 2.75) is 44.7 Å². The molecule has 2 nitrogen and oxygen atoms in total. The van der Waals surface area contributed by atoms with Crippen molar-refractivity contribution in [3.63, 3.8) is 0 Å². The van der Waals surface area contributed by atoms with Crippen LogP contribution in [0.15, 0.2) is 97.1 Å². The standard InChI is InChI=1S/C31H31NO/c1-22(25-8-4-2-5-9-25)32-30(27-10-6-3-7-11-27)29-26-18-16-23-12-14-24(15-13-23)17-19-28(21-20-26)31(29)33/h2-15,20-22,30,32-33H,16-19H2,1H3/t22-,30+/m1/s1. The quantitative estimate of drug-likeness (QED) is 0.366. The van der Waals surface area contributed by atoms with Crippen LogP contribution in [0.5, 0.6) is 5.75 Å². The molecule has 0 saturated carbocycles. The molecule has 2 N–H and O–H groups in total. The smallest absolute Gasteiger partial charge is 0.124 e. The van der Waals surface area contributed by atoms with Gasteiger partial charge < -0.3 is 5.11 Å². The van der Waals surface area contributed by atoms with Gasteiger partial charge in [-0.3, -0.25) is 5.32 Å². The number of hydrogen-bond acceptors (Lipinski definition) is 2. The normalized spacial score (nSPS) is 14.9. The maximum Gasteiger partial charge on any atom is 0.124 e. The van der Waals surface area contributed by atoms with Crippen LogP contribution in [0.25, 0.3) is 0 Å². The first-order valence-electron chi connectivity index (χ1n) is 12.0. The first kappa shape index (κ1) is 21.5. The van der Waals surface area contributed by atoms with Gasteiger partial charge in [-0.1, -0.05) is 97.1 Å². The zero-order chi connectivity index (χ0) is 22.6. The molecule has 2 atom stereocenters. The van der Waals surface area contributed by atoms with E-state index in [4.69, 9.17) is 0 Å². The molecule has 4 aliphatic rings. The summed E-state index contributed by atoms with van der Waals surface area (Å²) < 4.78 is 0. The molecule has 0 fully saturated rings. The highest BCUT2D eigenvalue weighted by Gasteiger charge is 2.25. The van der Waals surface area contributed by atoms with Crippen molar-refractivity contribution in [3.8, 4) is 5.75 Å². The van der Waals surface area contributed by atoms with Gasteiger partial charge in [0.05, 0.1) is 6.04 Å². The lowest BCUT2D eigenvalue weighted by molar-refractivity contribution is 0.438. The van der Waals surface area contributed by atoms with E-state index in [9.17, 15) is 5.11 Å². The van der Waals surface area contributed by atoms with Crippen molar-refractivity contribution in [3.05, 3.63) is 136 Å². The molecule has 166 valence electrons. The molecule has 0 aromatic heterocycles. The van der Waals surface area contributed by atoms with Gasteiger partial charge in [-0.2, -0.15) is 0 Å². The summed E-state index contributed by atoms with van der Waals surface area (Å²) in [4.78, 5) is 0. The van der Waals surface area contributed by atoms with E-state index >= 15 is 0 Å². The molecule has 8 rings (SSSR count). The lowest BCUT2D eigenvalue weighted by atomic mass is 9.86. The van der Waals surface area contributed by atoms with Gasteiger partial charge in [0.2, 0.25) is 0 Å². The summed E-state index contributed by atoms with van der Waals surface area (Å²) in [5, 5.41) is 15.5. The van der Waals surface area contributed by atoms with Crippen LogP contribution in [0.4, 0.5) is 0 Å². The Hall–Kier alpha value is -3.36. The van der Waals surface area contributed by atoms with E-state index in [1.54, 1.807) is 0 Å². The lowest BCUT2D eigenvalue weighted by Gasteiger charge is -2.28. The van der Waals surface area contributed by atoms with Crippen LogP contribution in [0.1, 0.15) is 58.0 Å². The van der Waals surface area contributed by atoms with Crippen molar-refractivity contribution in [2.75, 3.05) is 0 Å². The first-order valence-corrected chi connectivity index (χ1v) is 12.0. The molecule has 4 aromatic carbocycles. The Kier molecular flexibility index (Phi) is 6.28. The van der Waals surface area contributed by atoms with Crippen molar-refractivity contribution in [1.82, 2.24) is 5.32 Å². The van der Waals surface area contributed by atoms with Crippen LogP contribution in [0.3, 0.4) is 0 Å². The summed E-state index contributed by atoms with van der Waals surface area (Å²) in [6.45, 7) is 2.20. The summed E-state index contributed by atoms with van der Waals surface area (Å²) in [6, 6.07) is 34.4. The minimum absolute atomic E-state index is 0.0970. The van der Waals surface area contributed by atoms with E-state index in [1.165, 1.54) is 27.8 Å². The van der Waals surface area contributed by atoms with E-state index in [2.05, 4.69) is 103 Å². The Bertz CT molecular complexity index is 1200. The molecule has 0 amide bonds. The van der Waals surface area contributed by atoms with Crippen LogP contribution in [0, 0.1) is 0 Å². The number of phenols is 1. The zero-order valence-electron chi connectivity index (χ0n) is 19.2. The number of hydrogen-bond donors (Lipinski definition) is 2. The highest BCUT2D eigenvalue weighted by atomic mass is 16.3. The van der Waals surface area contributed by atoms with Gasteiger partial charge in [-0.25, -0.2) is 0 Å². The fourth-order valence-electron chi connectivity index (χ4n) is 4.95. The van der Waals surface area contributed by atoms with Gasteiger partial charge in [0.1, 0.15) is 5.75 Å². The Morgan fingerprint density at radius 1 is 0.606 bits per heavy atom. The molecule has 2 heteroatoms. The second-order valence-corrected chi connectivity index (χ2v) is 9.11. The third-order valence-electron chi connectivity index (χ3n) is 6.92. The topological polar surface area (TPSA) is 32.3 Å². The molecule has 33 heavy (non-hydrogen) atoms. The van der Waals surface area contributed by atoms with Crippen LogP contribution in [-0.4, -0.2) is 5.11 Å². The number of benzene rings is 4. The average molecular weight is 434 g/mol. The molecule has 0 saturated heterocycles. The van der Waals surface area contributed by atoms with Crippen LogP contribution in [0.2, 0.25) is 0 Å². The van der Waals surface area contributed by atoms with E-state index in [-0.39, 0.29) is 12.1 Å². The molecular formula is C31H31NO. The first-order chi connectivity index (χ1) is 16.2. The molecular weight excluding hydrogens is 402 g/mol.